The highest BCUT2D eigenvalue weighted by atomic mass is 16.6. The van der Waals surface area contributed by atoms with E-state index in [-0.39, 0.29) is 0 Å². The third-order valence-electron chi connectivity index (χ3n) is 2.53. The van der Waals surface area contributed by atoms with Crippen molar-refractivity contribution in [3.63, 3.8) is 0 Å². The van der Waals surface area contributed by atoms with E-state index < -0.39 is 10.6 Å². The van der Waals surface area contributed by atoms with Gasteiger partial charge in [-0.15, -0.1) is 0 Å². The van der Waals surface area contributed by atoms with E-state index in [1.807, 2.05) is 35.9 Å². The fraction of sp³-hybridized carbons (Fsp3) is 0.0833. The van der Waals surface area contributed by atoms with Crippen molar-refractivity contribution in [3.8, 4) is 6.07 Å². The number of rotatable bonds is 2. The Morgan fingerprint density at radius 3 is 2.88 bits per heavy atom. The number of aryl methyl sites for hydroxylation is 1. The predicted octanol–water partition coefficient (Wildman–Crippen LogP) is 2.32. The first-order chi connectivity index (χ1) is 8.13. The first kappa shape index (κ1) is 10.9. The van der Waals surface area contributed by atoms with Crippen LogP contribution >= 0.6 is 0 Å². The highest BCUT2D eigenvalue weighted by Gasteiger charge is 2.11. The summed E-state index contributed by atoms with van der Waals surface area (Å²) in [6.45, 7) is 0. The molecule has 1 heterocycles. The molecule has 0 N–H and O–H groups in total. The molecule has 0 amide bonds. The molecule has 0 unspecified atom stereocenters. The summed E-state index contributed by atoms with van der Waals surface area (Å²) in [4.78, 5) is 9.91. The molecule has 5 nitrogen and oxygen atoms in total. The van der Waals surface area contributed by atoms with Crippen LogP contribution in [0.15, 0.2) is 36.2 Å². The van der Waals surface area contributed by atoms with Crippen LogP contribution in [0.1, 0.15) is 5.56 Å². The molecular weight excluding hydrogens is 218 g/mol. The lowest BCUT2D eigenvalue weighted by Gasteiger charge is -1.92. The number of hydrogen-bond acceptors (Lipinski definition) is 3. The van der Waals surface area contributed by atoms with Crippen molar-refractivity contribution in [3.05, 3.63) is 51.8 Å². The molecule has 2 aromatic rings. The smallest absolute Gasteiger partial charge is 0.346 e. The van der Waals surface area contributed by atoms with Crippen LogP contribution in [0, 0.1) is 21.4 Å². The fourth-order valence-corrected chi connectivity index (χ4v) is 1.76. The Morgan fingerprint density at radius 1 is 1.53 bits per heavy atom. The van der Waals surface area contributed by atoms with Crippen LogP contribution < -0.4 is 0 Å². The SMILES string of the molecule is Cn1cc(/C=C(\C#N)[N+](=O)[O-])c2ccccc21. The van der Waals surface area contributed by atoms with E-state index in [1.54, 1.807) is 12.3 Å². The normalized spacial score (nSPS) is 11.4. The van der Waals surface area contributed by atoms with Gasteiger partial charge in [-0.05, 0) is 6.07 Å². The lowest BCUT2D eigenvalue weighted by atomic mass is 10.1. The number of allylic oxidation sites excluding steroid dienone is 1. The zero-order valence-electron chi connectivity index (χ0n) is 9.12. The zero-order chi connectivity index (χ0) is 12.4. The van der Waals surface area contributed by atoms with Crippen LogP contribution in [0.25, 0.3) is 17.0 Å². The van der Waals surface area contributed by atoms with Crippen LogP contribution in [0.5, 0.6) is 0 Å². The molecule has 0 fully saturated rings. The maximum Gasteiger partial charge on any atom is 0.346 e. The monoisotopic (exact) mass is 227 g/mol. The lowest BCUT2D eigenvalue weighted by Crippen LogP contribution is -1.94. The minimum atomic E-state index is -0.679. The van der Waals surface area contributed by atoms with E-state index in [4.69, 9.17) is 5.26 Å². The van der Waals surface area contributed by atoms with Crippen molar-refractivity contribution in [2.75, 3.05) is 0 Å². The highest BCUT2D eigenvalue weighted by Crippen LogP contribution is 2.22. The number of nitriles is 1. The van der Waals surface area contributed by atoms with E-state index in [0.29, 0.717) is 5.56 Å². The third-order valence-corrected chi connectivity index (χ3v) is 2.53. The molecule has 5 heteroatoms. The summed E-state index contributed by atoms with van der Waals surface area (Å²) in [7, 11) is 1.86. The summed E-state index contributed by atoms with van der Waals surface area (Å²) in [5.74, 6) is 0. The van der Waals surface area contributed by atoms with Crippen molar-refractivity contribution >= 4 is 17.0 Å². The first-order valence-corrected chi connectivity index (χ1v) is 4.93. The average Bonchev–Trinajstić information content (AvgIpc) is 2.63. The first-order valence-electron chi connectivity index (χ1n) is 4.93. The molecule has 1 aromatic heterocycles. The van der Waals surface area contributed by atoms with Gasteiger partial charge < -0.3 is 4.57 Å². The number of nitrogens with zero attached hydrogens (tertiary/aromatic N) is 3. The van der Waals surface area contributed by atoms with Gasteiger partial charge in [0.05, 0.1) is 4.92 Å². The van der Waals surface area contributed by atoms with E-state index in [2.05, 4.69) is 0 Å². The van der Waals surface area contributed by atoms with Gasteiger partial charge in [0.25, 0.3) is 0 Å². The summed E-state index contributed by atoms with van der Waals surface area (Å²) >= 11 is 0. The van der Waals surface area contributed by atoms with Gasteiger partial charge in [-0.2, -0.15) is 5.26 Å². The molecule has 17 heavy (non-hydrogen) atoms. The number of fused-ring (bicyclic) bond motifs is 1. The van der Waals surface area contributed by atoms with Crippen molar-refractivity contribution < 1.29 is 4.92 Å². The second-order valence-electron chi connectivity index (χ2n) is 3.61. The van der Waals surface area contributed by atoms with Gasteiger partial charge >= 0.3 is 5.70 Å². The molecule has 1 aromatic carbocycles. The summed E-state index contributed by atoms with van der Waals surface area (Å²) in [6.07, 6.45) is 3.06. The topological polar surface area (TPSA) is 71.9 Å². The molecule has 0 atom stereocenters. The highest BCUT2D eigenvalue weighted by molar-refractivity contribution is 5.89. The maximum absolute atomic E-state index is 10.6. The molecule has 0 saturated carbocycles. The Bertz CT molecular complexity index is 662. The molecule has 0 radical (unpaired) electrons. The van der Waals surface area contributed by atoms with Gasteiger partial charge in [-0.25, -0.2) is 0 Å². The maximum atomic E-state index is 10.6. The second-order valence-corrected chi connectivity index (χ2v) is 3.61. The Kier molecular flexibility index (Phi) is 2.63. The van der Waals surface area contributed by atoms with Crippen molar-refractivity contribution in [1.82, 2.24) is 4.57 Å². The van der Waals surface area contributed by atoms with Crippen LogP contribution in [-0.2, 0) is 7.05 Å². The van der Waals surface area contributed by atoms with E-state index in [1.165, 1.54) is 6.08 Å². The van der Waals surface area contributed by atoms with Crippen molar-refractivity contribution in [2.45, 2.75) is 0 Å². The van der Waals surface area contributed by atoms with Crippen LogP contribution in [0.4, 0.5) is 0 Å². The minimum absolute atomic E-state index is 0.457. The van der Waals surface area contributed by atoms with Gasteiger partial charge in [-0.3, -0.25) is 10.1 Å². The summed E-state index contributed by atoms with van der Waals surface area (Å²) in [6, 6.07) is 9.13. The Labute approximate surface area is 97.3 Å². The quantitative estimate of drug-likeness (QED) is 0.449. The molecule has 0 spiro atoms. The minimum Gasteiger partial charge on any atom is -0.350 e. The van der Waals surface area contributed by atoms with Crippen molar-refractivity contribution in [1.29, 1.82) is 5.26 Å². The van der Waals surface area contributed by atoms with Gasteiger partial charge in [0.1, 0.15) is 0 Å². The van der Waals surface area contributed by atoms with Gasteiger partial charge in [0.2, 0.25) is 0 Å². The molecule has 0 aliphatic heterocycles. The predicted molar refractivity (Wildman–Crippen MR) is 63.5 cm³/mol. The fourth-order valence-electron chi connectivity index (χ4n) is 1.76. The number of nitro groups is 1. The Balaban J connectivity index is 2.65. The Hall–Kier alpha value is -2.61. The summed E-state index contributed by atoms with van der Waals surface area (Å²) < 4.78 is 1.87. The van der Waals surface area contributed by atoms with Gasteiger partial charge in [0.15, 0.2) is 6.07 Å². The second kappa shape index (κ2) is 4.10. The van der Waals surface area contributed by atoms with E-state index in [0.717, 1.165) is 10.9 Å². The van der Waals surface area contributed by atoms with Gasteiger partial charge in [0, 0.05) is 35.8 Å². The summed E-state index contributed by atoms with van der Waals surface area (Å²) in [5.41, 5.74) is 1.19. The standard InChI is InChI=1S/C12H9N3O2/c1-14-8-9(6-10(7-13)15(16)17)11-4-2-3-5-12(11)14/h2-6,8H,1H3/b10-6+. The zero-order valence-corrected chi connectivity index (χ0v) is 9.12. The van der Waals surface area contributed by atoms with Crippen LogP contribution in [0.2, 0.25) is 0 Å². The molecule has 0 aliphatic carbocycles. The molecular formula is C12H9N3O2. The molecule has 0 aliphatic rings. The van der Waals surface area contributed by atoms with Crippen molar-refractivity contribution in [2.24, 2.45) is 7.05 Å². The molecule has 0 bridgehead atoms. The lowest BCUT2D eigenvalue weighted by molar-refractivity contribution is -0.415. The van der Waals surface area contributed by atoms with Crippen LogP contribution in [-0.4, -0.2) is 9.49 Å². The molecule has 2 rings (SSSR count). The van der Waals surface area contributed by atoms with E-state index in [9.17, 15) is 10.1 Å². The number of para-hydroxylation sites is 1. The molecule has 0 saturated heterocycles. The number of hydrogen-bond donors (Lipinski definition) is 0. The largest absolute Gasteiger partial charge is 0.350 e. The third kappa shape index (κ3) is 1.88. The summed E-state index contributed by atoms with van der Waals surface area (Å²) in [5, 5.41) is 20.1. The van der Waals surface area contributed by atoms with Crippen LogP contribution in [0.3, 0.4) is 0 Å². The van der Waals surface area contributed by atoms with Gasteiger partial charge in [-0.1, -0.05) is 18.2 Å². The number of benzene rings is 1. The Morgan fingerprint density at radius 2 is 2.24 bits per heavy atom. The number of aromatic nitrogens is 1. The molecule has 84 valence electrons. The van der Waals surface area contributed by atoms with E-state index >= 15 is 0 Å². The average molecular weight is 227 g/mol.